The summed E-state index contributed by atoms with van der Waals surface area (Å²) in [7, 11) is 1.63. The average molecular weight is 361 g/mol. The molecule has 9 nitrogen and oxygen atoms in total. The lowest BCUT2D eigenvalue weighted by Crippen LogP contribution is -2.64. The Bertz CT molecular complexity index is 768. The maximum atomic E-state index is 13.1. The molecule has 0 radical (unpaired) electrons. The number of guanidine groups is 1. The van der Waals surface area contributed by atoms with Crippen molar-refractivity contribution in [3.8, 4) is 0 Å². The first-order chi connectivity index (χ1) is 12.3. The lowest BCUT2D eigenvalue weighted by molar-refractivity contribution is -0.559. The van der Waals surface area contributed by atoms with Crippen molar-refractivity contribution in [3.63, 3.8) is 0 Å². The summed E-state index contributed by atoms with van der Waals surface area (Å²) in [5.74, 6) is 0.661. The van der Waals surface area contributed by atoms with Crippen LogP contribution >= 0.6 is 0 Å². The van der Waals surface area contributed by atoms with Gasteiger partial charge in [-0.2, -0.15) is 0 Å². The molecule has 3 aliphatic heterocycles. The number of nitrogens with zero attached hydrogens (tertiary/aromatic N) is 6. The van der Waals surface area contributed by atoms with Crippen LogP contribution in [-0.2, 0) is 4.79 Å². The topological polar surface area (TPSA) is 91.8 Å². The molecule has 1 N–H and O–H groups in total. The second-order valence-corrected chi connectivity index (χ2v) is 6.92. The highest BCUT2D eigenvalue weighted by Gasteiger charge is 2.55. The Morgan fingerprint density at radius 2 is 2.08 bits per heavy atom. The van der Waals surface area contributed by atoms with Gasteiger partial charge in [0.1, 0.15) is 6.04 Å². The van der Waals surface area contributed by atoms with E-state index in [1.807, 2.05) is 18.4 Å². The Labute approximate surface area is 152 Å². The molecule has 3 amide bonds. The normalized spacial score (nSPS) is 25.3. The Kier molecular flexibility index (Phi) is 4.66. The van der Waals surface area contributed by atoms with E-state index in [-0.39, 0.29) is 25.1 Å². The van der Waals surface area contributed by atoms with Crippen molar-refractivity contribution in [2.45, 2.75) is 39.3 Å². The molecule has 2 atom stereocenters. The number of rotatable bonds is 5. The number of hydrazone groups is 1. The molecule has 0 saturated carbocycles. The van der Waals surface area contributed by atoms with Crippen LogP contribution in [0.1, 0.15) is 27.2 Å². The highest BCUT2D eigenvalue weighted by atomic mass is 16.3. The van der Waals surface area contributed by atoms with E-state index >= 15 is 0 Å². The van der Waals surface area contributed by atoms with Crippen LogP contribution < -0.4 is 0 Å². The summed E-state index contributed by atoms with van der Waals surface area (Å²) in [4.78, 5) is 33.0. The predicted molar refractivity (Wildman–Crippen MR) is 97.2 cm³/mol. The van der Waals surface area contributed by atoms with Gasteiger partial charge in [0.15, 0.2) is 0 Å². The van der Waals surface area contributed by atoms with E-state index in [0.717, 1.165) is 11.3 Å². The maximum absolute atomic E-state index is 13.1. The molecule has 2 unspecified atom stereocenters. The second-order valence-electron chi connectivity index (χ2n) is 6.92. The number of carbonyl (C=O) groups is 2. The Balaban J connectivity index is 2.03. The monoisotopic (exact) mass is 361 g/mol. The smallest absolute Gasteiger partial charge is 0.396 e. The zero-order chi connectivity index (χ0) is 19.2. The summed E-state index contributed by atoms with van der Waals surface area (Å²) in [6, 6.07) is -1.19. The maximum Gasteiger partial charge on any atom is 0.416 e. The summed E-state index contributed by atoms with van der Waals surface area (Å²) in [6.07, 6.45) is 0.530. The number of amides is 3. The van der Waals surface area contributed by atoms with E-state index in [1.165, 1.54) is 9.80 Å². The molecule has 3 rings (SSSR count). The first kappa shape index (κ1) is 18.2. The van der Waals surface area contributed by atoms with Crippen LogP contribution in [-0.4, -0.2) is 92.8 Å². The second kappa shape index (κ2) is 6.64. The van der Waals surface area contributed by atoms with Crippen LogP contribution in [0.4, 0.5) is 4.79 Å². The largest absolute Gasteiger partial charge is 0.416 e. The van der Waals surface area contributed by atoms with Crippen molar-refractivity contribution in [1.82, 2.24) is 14.8 Å². The van der Waals surface area contributed by atoms with Crippen molar-refractivity contribution in [1.29, 1.82) is 0 Å². The zero-order valence-corrected chi connectivity index (χ0v) is 15.6. The number of urea groups is 1. The molecule has 3 heterocycles. The molecule has 1 fully saturated rings. The van der Waals surface area contributed by atoms with Crippen LogP contribution in [0, 0.1) is 0 Å². The molecule has 26 heavy (non-hydrogen) atoms. The molecule has 0 spiro atoms. The van der Waals surface area contributed by atoms with Crippen LogP contribution in [0.5, 0.6) is 0 Å². The summed E-state index contributed by atoms with van der Waals surface area (Å²) in [6.45, 7) is 10.2. The van der Waals surface area contributed by atoms with Gasteiger partial charge in [0.25, 0.3) is 5.91 Å². The van der Waals surface area contributed by atoms with E-state index in [9.17, 15) is 9.59 Å². The van der Waals surface area contributed by atoms with Crippen molar-refractivity contribution in [2.24, 2.45) is 10.1 Å². The minimum absolute atomic E-state index is 0.0393. The van der Waals surface area contributed by atoms with Gasteiger partial charge in [0.05, 0.1) is 18.8 Å². The Morgan fingerprint density at radius 1 is 1.38 bits per heavy atom. The number of hydrogen-bond acceptors (Lipinski definition) is 6. The predicted octanol–water partition coefficient (Wildman–Crippen LogP) is 0.0681. The number of imide groups is 1. The number of carbonyl (C=O) groups excluding carboxylic acids is 2. The number of amidine groups is 1. The SMILES string of the molecule is C=C(C)CN1C(=O)C2C(=NC3=[N+]2C(C)C(C)=NN3CCCO)N(C)C1=O. The molecule has 3 aliphatic rings. The first-order valence-electron chi connectivity index (χ1n) is 8.68. The van der Waals surface area contributed by atoms with Crippen LogP contribution in [0.2, 0.25) is 0 Å². The molecule has 1 saturated heterocycles. The fraction of sp³-hybridized carbons (Fsp3) is 0.588. The quantitative estimate of drug-likeness (QED) is 0.554. The minimum Gasteiger partial charge on any atom is -0.396 e. The minimum atomic E-state index is -0.663. The number of likely N-dealkylation sites (N-methyl/N-ethyl adjacent to an activating group) is 1. The van der Waals surface area contributed by atoms with Gasteiger partial charge in [0, 0.05) is 20.1 Å². The van der Waals surface area contributed by atoms with E-state index in [1.54, 1.807) is 19.0 Å². The van der Waals surface area contributed by atoms with E-state index in [2.05, 4.69) is 16.7 Å². The van der Waals surface area contributed by atoms with Crippen molar-refractivity contribution in [3.05, 3.63) is 12.2 Å². The van der Waals surface area contributed by atoms with Gasteiger partial charge in [-0.3, -0.25) is 14.6 Å². The third kappa shape index (κ3) is 2.72. The van der Waals surface area contributed by atoms with E-state index in [4.69, 9.17) is 5.11 Å². The van der Waals surface area contributed by atoms with Gasteiger partial charge in [-0.05, 0) is 20.8 Å². The van der Waals surface area contributed by atoms with Crippen molar-refractivity contribution >= 4 is 29.4 Å². The number of aliphatic hydroxyl groups excluding tert-OH is 1. The molecule has 0 aliphatic carbocycles. The first-order valence-corrected chi connectivity index (χ1v) is 8.68. The molecular formula is C17H25N6O3+. The lowest BCUT2D eigenvalue weighted by atomic mass is 10.1. The van der Waals surface area contributed by atoms with Crippen LogP contribution in [0.15, 0.2) is 22.2 Å². The third-order valence-electron chi connectivity index (χ3n) is 4.82. The number of aliphatic imine (C=N–C) groups is 1. The number of aliphatic hydroxyl groups is 1. The van der Waals surface area contributed by atoms with Crippen molar-refractivity contribution < 1.29 is 19.3 Å². The zero-order valence-electron chi connectivity index (χ0n) is 15.6. The summed E-state index contributed by atoms with van der Waals surface area (Å²) < 4.78 is 1.91. The molecule has 0 aromatic heterocycles. The standard InChI is InChI=1S/C17H25N6O3/c1-10(2)9-21-15(25)13-14(20(5)17(21)26)18-16-22(7-6-8-24)19-11(3)12(4)23(13)16/h12-13,24H,1,6-9H2,2-5H3/q+1. The highest BCUT2D eigenvalue weighted by molar-refractivity contribution is 6.23. The summed E-state index contributed by atoms with van der Waals surface area (Å²) >= 11 is 0. The molecule has 0 aromatic carbocycles. The van der Waals surface area contributed by atoms with Gasteiger partial charge in [-0.25, -0.2) is 9.37 Å². The number of hydrogen-bond donors (Lipinski definition) is 1. The molecular weight excluding hydrogens is 336 g/mol. The van der Waals surface area contributed by atoms with Crippen molar-refractivity contribution in [2.75, 3.05) is 26.7 Å². The van der Waals surface area contributed by atoms with Gasteiger partial charge < -0.3 is 5.11 Å². The lowest BCUT2D eigenvalue weighted by Gasteiger charge is -2.35. The van der Waals surface area contributed by atoms with Gasteiger partial charge >= 0.3 is 12.0 Å². The highest BCUT2D eigenvalue weighted by Crippen LogP contribution is 2.25. The Hall–Kier alpha value is -2.55. The Morgan fingerprint density at radius 3 is 2.69 bits per heavy atom. The fourth-order valence-corrected chi connectivity index (χ4v) is 3.36. The van der Waals surface area contributed by atoms with Crippen LogP contribution in [0.3, 0.4) is 0 Å². The number of fused-ring (bicyclic) bond motifs is 2. The van der Waals surface area contributed by atoms with Gasteiger partial charge in [-0.1, -0.05) is 17.1 Å². The van der Waals surface area contributed by atoms with E-state index < -0.39 is 12.1 Å². The molecule has 9 heteroatoms. The van der Waals surface area contributed by atoms with Crippen LogP contribution in [0.25, 0.3) is 0 Å². The summed E-state index contributed by atoms with van der Waals surface area (Å²) in [5, 5.41) is 15.4. The molecule has 140 valence electrons. The third-order valence-corrected chi connectivity index (χ3v) is 4.82. The van der Waals surface area contributed by atoms with E-state index in [0.29, 0.717) is 24.8 Å². The molecule has 0 aromatic rings. The van der Waals surface area contributed by atoms with Gasteiger partial charge in [-0.15, -0.1) is 10.1 Å². The fourth-order valence-electron chi connectivity index (χ4n) is 3.36. The average Bonchev–Trinajstić information content (AvgIpc) is 2.99. The summed E-state index contributed by atoms with van der Waals surface area (Å²) in [5.41, 5.74) is 1.58. The molecule has 0 bridgehead atoms. The van der Waals surface area contributed by atoms with Gasteiger partial charge in [0.2, 0.25) is 11.9 Å².